The summed E-state index contributed by atoms with van der Waals surface area (Å²) in [6.07, 6.45) is 7.08. The molecule has 2 aliphatic rings. The van der Waals surface area contributed by atoms with Gasteiger partial charge in [-0.05, 0) is 43.5 Å². The van der Waals surface area contributed by atoms with Gasteiger partial charge < -0.3 is 10.1 Å². The number of hydrogen-bond donors (Lipinski definition) is 2. The fraction of sp³-hybridized carbons (Fsp3) is 0.611. The fourth-order valence-electron chi connectivity index (χ4n) is 3.39. The van der Waals surface area contributed by atoms with Gasteiger partial charge in [0.15, 0.2) is 0 Å². The van der Waals surface area contributed by atoms with Crippen LogP contribution in [-0.4, -0.2) is 39.6 Å². The zero-order valence-electron chi connectivity index (χ0n) is 14.4. The van der Waals surface area contributed by atoms with E-state index in [0.29, 0.717) is 18.8 Å². The molecule has 1 saturated heterocycles. The Labute approximate surface area is 149 Å². The molecule has 3 rings (SSSR count). The van der Waals surface area contributed by atoms with Crippen LogP contribution in [0.5, 0.6) is 0 Å². The molecule has 6 nitrogen and oxygen atoms in total. The maximum Gasteiger partial charge on any atom is 0.251 e. The molecule has 0 unspecified atom stereocenters. The van der Waals surface area contributed by atoms with E-state index in [1.807, 2.05) is 0 Å². The Morgan fingerprint density at radius 3 is 2.24 bits per heavy atom. The predicted octanol–water partition coefficient (Wildman–Crippen LogP) is 2.21. The van der Waals surface area contributed by atoms with E-state index in [9.17, 15) is 13.2 Å². The van der Waals surface area contributed by atoms with Gasteiger partial charge in [0.2, 0.25) is 10.0 Å². The molecule has 0 aromatic heterocycles. The molecule has 25 heavy (non-hydrogen) atoms. The Kier molecular flexibility index (Phi) is 6.09. The maximum absolute atomic E-state index is 12.5. The second-order valence-electron chi connectivity index (χ2n) is 6.87. The van der Waals surface area contributed by atoms with Crippen LogP contribution in [0.4, 0.5) is 0 Å². The fourth-order valence-corrected chi connectivity index (χ4v) is 4.69. The van der Waals surface area contributed by atoms with Crippen LogP contribution in [0.3, 0.4) is 0 Å². The molecular weight excluding hydrogens is 340 g/mol. The highest BCUT2D eigenvalue weighted by Crippen LogP contribution is 2.20. The third kappa shape index (κ3) is 5.03. The van der Waals surface area contributed by atoms with Crippen LogP contribution >= 0.6 is 0 Å². The summed E-state index contributed by atoms with van der Waals surface area (Å²) in [7, 11) is -3.54. The highest BCUT2D eigenvalue weighted by atomic mass is 32.2. The monoisotopic (exact) mass is 366 g/mol. The summed E-state index contributed by atoms with van der Waals surface area (Å²) >= 11 is 0. The molecule has 1 aromatic rings. The Hall–Kier alpha value is -1.44. The van der Waals surface area contributed by atoms with Gasteiger partial charge in [-0.1, -0.05) is 25.7 Å². The minimum absolute atomic E-state index is 0.0119. The van der Waals surface area contributed by atoms with Crippen LogP contribution in [0, 0.1) is 0 Å². The summed E-state index contributed by atoms with van der Waals surface area (Å²) in [5, 5.41) is 2.90. The average Bonchev–Trinajstić information content (AvgIpc) is 2.98. The highest BCUT2D eigenvalue weighted by molar-refractivity contribution is 7.89. The Morgan fingerprint density at radius 2 is 1.64 bits per heavy atom. The van der Waals surface area contributed by atoms with Gasteiger partial charge in [0, 0.05) is 18.2 Å². The number of sulfonamides is 1. The number of nitrogens with one attached hydrogen (secondary N) is 2. The molecule has 1 aliphatic carbocycles. The topological polar surface area (TPSA) is 84.5 Å². The molecule has 7 heteroatoms. The van der Waals surface area contributed by atoms with E-state index in [1.54, 1.807) is 12.1 Å². The van der Waals surface area contributed by atoms with Gasteiger partial charge in [-0.25, -0.2) is 13.1 Å². The lowest BCUT2D eigenvalue weighted by Crippen LogP contribution is -2.35. The van der Waals surface area contributed by atoms with Crippen molar-refractivity contribution >= 4 is 15.9 Å². The van der Waals surface area contributed by atoms with Crippen LogP contribution < -0.4 is 10.0 Å². The van der Waals surface area contributed by atoms with Crippen molar-refractivity contribution < 1.29 is 17.9 Å². The number of rotatable bonds is 5. The number of amides is 1. The quantitative estimate of drug-likeness (QED) is 0.783. The molecule has 2 N–H and O–H groups in total. The molecule has 1 heterocycles. The third-order valence-electron chi connectivity index (χ3n) is 4.87. The first kappa shape index (κ1) is 18.4. The summed E-state index contributed by atoms with van der Waals surface area (Å²) < 4.78 is 33.1. The smallest absolute Gasteiger partial charge is 0.251 e. The Bertz CT molecular complexity index is 674. The van der Waals surface area contributed by atoms with Crippen molar-refractivity contribution in [3.05, 3.63) is 29.8 Å². The van der Waals surface area contributed by atoms with Crippen molar-refractivity contribution in [2.75, 3.05) is 13.2 Å². The minimum atomic E-state index is -3.54. The maximum atomic E-state index is 12.5. The summed E-state index contributed by atoms with van der Waals surface area (Å²) in [6.45, 7) is 1.19. The molecule has 0 spiro atoms. The molecule has 2 fully saturated rings. The van der Waals surface area contributed by atoms with Crippen LogP contribution in [0.15, 0.2) is 29.2 Å². The predicted molar refractivity (Wildman–Crippen MR) is 94.9 cm³/mol. The van der Waals surface area contributed by atoms with Gasteiger partial charge in [0.05, 0.1) is 17.5 Å². The second-order valence-corrected chi connectivity index (χ2v) is 8.58. The van der Waals surface area contributed by atoms with Gasteiger partial charge in [-0.2, -0.15) is 0 Å². The summed E-state index contributed by atoms with van der Waals surface area (Å²) in [6, 6.07) is 6.17. The zero-order chi connectivity index (χ0) is 17.7. The van der Waals surface area contributed by atoms with Gasteiger partial charge in [0.25, 0.3) is 5.91 Å². The van der Waals surface area contributed by atoms with Crippen molar-refractivity contribution in [2.24, 2.45) is 0 Å². The lowest BCUT2D eigenvalue weighted by atomic mass is 10.1. The van der Waals surface area contributed by atoms with Gasteiger partial charge >= 0.3 is 0 Å². The van der Waals surface area contributed by atoms with Crippen LogP contribution in [0.25, 0.3) is 0 Å². The van der Waals surface area contributed by atoms with Crippen LogP contribution in [-0.2, 0) is 14.8 Å². The molecular formula is C18H26N2O4S. The highest BCUT2D eigenvalue weighted by Gasteiger charge is 2.22. The first-order valence-corrected chi connectivity index (χ1v) is 10.5. The van der Waals surface area contributed by atoms with Crippen molar-refractivity contribution in [2.45, 2.75) is 61.9 Å². The molecule has 1 saturated carbocycles. The molecule has 1 atom stereocenters. The summed E-state index contributed by atoms with van der Waals surface area (Å²) in [5.74, 6) is -0.198. The van der Waals surface area contributed by atoms with Gasteiger partial charge in [-0.15, -0.1) is 0 Å². The molecule has 1 aliphatic heterocycles. The van der Waals surface area contributed by atoms with E-state index in [0.717, 1.165) is 32.1 Å². The number of ether oxygens (including phenoxy) is 1. The van der Waals surface area contributed by atoms with E-state index in [-0.39, 0.29) is 22.9 Å². The average molecular weight is 366 g/mol. The molecule has 0 bridgehead atoms. The lowest BCUT2D eigenvalue weighted by Gasteiger charge is -2.16. The van der Waals surface area contributed by atoms with Crippen molar-refractivity contribution in [3.8, 4) is 0 Å². The minimum Gasteiger partial charge on any atom is -0.379 e. The zero-order valence-corrected chi connectivity index (χ0v) is 15.2. The second kappa shape index (κ2) is 8.29. The van der Waals surface area contributed by atoms with Gasteiger partial charge in [0.1, 0.15) is 0 Å². The molecule has 1 amide bonds. The van der Waals surface area contributed by atoms with E-state index in [1.165, 1.54) is 25.0 Å². The molecule has 1 aromatic carbocycles. The molecule has 0 radical (unpaired) electrons. The van der Waals surface area contributed by atoms with E-state index in [4.69, 9.17) is 4.74 Å². The largest absolute Gasteiger partial charge is 0.379 e. The van der Waals surface area contributed by atoms with Crippen molar-refractivity contribution in [3.63, 3.8) is 0 Å². The van der Waals surface area contributed by atoms with E-state index in [2.05, 4.69) is 10.0 Å². The lowest BCUT2D eigenvalue weighted by molar-refractivity contribution is 0.0930. The van der Waals surface area contributed by atoms with Gasteiger partial charge in [-0.3, -0.25) is 4.79 Å². The third-order valence-corrected chi connectivity index (χ3v) is 6.41. The van der Waals surface area contributed by atoms with Crippen LogP contribution in [0.2, 0.25) is 0 Å². The standard InChI is InChI=1S/C18H26N2O4S/c21-18(19-16-11-12-24-13-16)14-7-9-17(10-8-14)25(22,23)20-15-5-3-1-2-4-6-15/h7-10,15-16,20H,1-6,11-13H2,(H,19,21)/t16-/m0/s1. The first-order valence-electron chi connectivity index (χ1n) is 9.05. The molecule has 138 valence electrons. The number of benzene rings is 1. The van der Waals surface area contributed by atoms with E-state index < -0.39 is 10.0 Å². The SMILES string of the molecule is O=C(N[C@H]1CCOC1)c1ccc(S(=O)(=O)NC2CCCCCC2)cc1. The van der Waals surface area contributed by atoms with Crippen LogP contribution in [0.1, 0.15) is 55.3 Å². The number of carbonyl (C=O) groups is 1. The van der Waals surface area contributed by atoms with E-state index >= 15 is 0 Å². The first-order chi connectivity index (χ1) is 12.0. The normalized spacial score (nSPS) is 22.5. The number of carbonyl (C=O) groups excluding carboxylic acids is 1. The number of hydrogen-bond acceptors (Lipinski definition) is 4. The summed E-state index contributed by atoms with van der Waals surface area (Å²) in [5.41, 5.74) is 0.459. The summed E-state index contributed by atoms with van der Waals surface area (Å²) in [4.78, 5) is 12.4. The van der Waals surface area contributed by atoms with Crippen molar-refractivity contribution in [1.29, 1.82) is 0 Å². The Balaban J connectivity index is 1.62. The Morgan fingerprint density at radius 1 is 0.960 bits per heavy atom. The van der Waals surface area contributed by atoms with Crippen molar-refractivity contribution in [1.82, 2.24) is 10.0 Å².